The quantitative estimate of drug-likeness (QED) is 0.0312. The summed E-state index contributed by atoms with van der Waals surface area (Å²) in [6, 6.07) is 83.0. The molecule has 0 aliphatic heterocycles. The number of carbonyl (C=O) groups excluding carboxylic acids is 8. The lowest BCUT2D eigenvalue weighted by Gasteiger charge is -2.09. The molecule has 10 aromatic carbocycles. The number of aryl methyl sites for hydroxylation is 4. The maximum atomic E-state index is 13.8. The summed E-state index contributed by atoms with van der Waals surface area (Å²) in [7, 11) is 0. The molecule has 6 aromatic heterocycles. The maximum Gasteiger partial charge on any atom is 0.295 e. The number of nitrogens with one attached hydrogen (secondary N) is 8. The predicted octanol–water partition coefficient (Wildman–Crippen LogP) is 15.9. The molecular formula is C92H76F2N22O8. The van der Waals surface area contributed by atoms with Gasteiger partial charge in [0, 0.05) is 64.0 Å². The van der Waals surface area contributed by atoms with Crippen molar-refractivity contribution in [3.05, 3.63) is 395 Å². The number of benzene rings is 10. The average Bonchev–Trinajstić information content (AvgIpc) is 1.68. The molecule has 30 nitrogen and oxygen atoms in total. The van der Waals surface area contributed by atoms with E-state index in [-0.39, 0.29) is 59.2 Å². The molecule has 16 rings (SSSR count). The zero-order valence-electron chi connectivity index (χ0n) is 66.7. The van der Waals surface area contributed by atoms with Gasteiger partial charge in [0.15, 0.2) is 0 Å². The third-order valence-electron chi connectivity index (χ3n) is 18.3. The predicted molar refractivity (Wildman–Crippen MR) is 464 cm³/mol. The number of aromatic nitrogens is 14. The Morgan fingerprint density at radius 1 is 0.298 bits per heavy atom. The summed E-state index contributed by atoms with van der Waals surface area (Å²) < 4.78 is 32.9. The van der Waals surface area contributed by atoms with Crippen LogP contribution in [0.1, 0.15) is 119 Å². The number of halogens is 2. The molecule has 0 aliphatic carbocycles. The molecule has 0 aliphatic rings. The summed E-state index contributed by atoms with van der Waals surface area (Å²) in [6.45, 7) is 7.62. The van der Waals surface area contributed by atoms with Gasteiger partial charge in [-0.25, -0.2) is 13.5 Å². The van der Waals surface area contributed by atoms with Crippen LogP contribution in [0.4, 0.5) is 55.8 Å². The molecule has 0 saturated carbocycles. The van der Waals surface area contributed by atoms with Crippen LogP contribution in [0.3, 0.4) is 0 Å². The third-order valence-corrected chi connectivity index (χ3v) is 18.3. The van der Waals surface area contributed by atoms with E-state index in [0.29, 0.717) is 67.5 Å². The summed E-state index contributed by atoms with van der Waals surface area (Å²) in [5, 5.41) is 38.8. The van der Waals surface area contributed by atoms with Gasteiger partial charge in [0.25, 0.3) is 65.1 Å². The van der Waals surface area contributed by atoms with Crippen molar-refractivity contribution < 1.29 is 47.1 Å². The van der Waals surface area contributed by atoms with Crippen LogP contribution >= 0.6 is 0 Å². The Kier molecular flexibility index (Phi) is 27.8. The van der Waals surface area contributed by atoms with Crippen molar-refractivity contribution >= 4 is 94.3 Å². The second kappa shape index (κ2) is 40.7. The molecule has 0 saturated heterocycles. The van der Waals surface area contributed by atoms with Crippen LogP contribution in [-0.2, 0) is 12.8 Å². The highest BCUT2D eigenvalue weighted by Gasteiger charge is 2.26. The molecule has 124 heavy (non-hydrogen) atoms. The lowest BCUT2D eigenvalue weighted by atomic mass is 10.1. The zero-order chi connectivity index (χ0) is 86.9. The van der Waals surface area contributed by atoms with Crippen molar-refractivity contribution in [2.75, 3.05) is 42.5 Å². The minimum absolute atomic E-state index is 0.0123. The first-order valence-corrected chi connectivity index (χ1v) is 38.5. The number of pyridine rings is 2. The first-order valence-electron chi connectivity index (χ1n) is 38.5. The van der Waals surface area contributed by atoms with E-state index < -0.39 is 47.1 Å². The number of carbonyl (C=O) groups is 8. The number of anilines is 8. The van der Waals surface area contributed by atoms with Gasteiger partial charge in [-0.15, -0.1) is 20.4 Å². The van der Waals surface area contributed by atoms with Gasteiger partial charge in [-0.2, -0.15) is 34.0 Å². The fourth-order valence-corrected chi connectivity index (χ4v) is 12.2. The normalized spacial score (nSPS) is 10.5. The van der Waals surface area contributed by atoms with Gasteiger partial charge in [0.2, 0.25) is 29.5 Å². The van der Waals surface area contributed by atoms with Crippen molar-refractivity contribution in [3.8, 4) is 22.7 Å². The highest BCUT2D eigenvalue weighted by molar-refractivity contribution is 6.09. The van der Waals surface area contributed by atoms with E-state index in [2.05, 4.69) is 92.8 Å². The molecule has 0 unspecified atom stereocenters. The van der Waals surface area contributed by atoms with Crippen LogP contribution in [0.25, 0.3) is 22.7 Å². The van der Waals surface area contributed by atoms with Crippen molar-refractivity contribution in [2.45, 2.75) is 40.5 Å². The molecule has 6 heterocycles. The largest absolute Gasteiger partial charge is 0.319 e. The summed E-state index contributed by atoms with van der Waals surface area (Å²) in [4.78, 5) is 127. The van der Waals surface area contributed by atoms with Crippen molar-refractivity contribution in [3.63, 3.8) is 0 Å². The number of para-hydroxylation sites is 4. The van der Waals surface area contributed by atoms with Gasteiger partial charge in [0.1, 0.15) is 11.6 Å². The van der Waals surface area contributed by atoms with Crippen LogP contribution in [0.5, 0.6) is 0 Å². The van der Waals surface area contributed by atoms with Crippen LogP contribution in [-0.4, -0.2) is 116 Å². The SMILES string of the molecule is CCc1ccccc1C(=O)Nc1nc(NC(=O)c2ccccc2CC)n(-c2ccccc2)n1.Cc1ccccc1C(=O)Nc1nc(NC(=O)c2cccnc2)nn1-c1cccc(F)c1.Cc1ccccc1C(=O)Nc1nc(NC(=O)c2ccncc2)nn1-c1cccc(F)c1.O=C(Nc1ccccc1)c1nc(C(=O)Nc2ccccc2)n(-c2ccccc2)n1. The van der Waals surface area contributed by atoms with Gasteiger partial charge in [-0.3, -0.25) is 80.2 Å². The standard InChI is InChI=1S/C26H25N5O2.2C22H17FN6O2.C22H17N5O2/c1-3-18-12-8-10-16-21(18)23(32)27-25-29-26(31(30-25)20-14-6-5-7-15-20)28-24(33)22-17-11-9-13-19(22)4-2;1-14-6-2-3-10-18(14)20(31)26-22-27-21(25-19(30)15-7-5-11-24-13-15)28-29(22)17-9-4-8-16(23)12-17;1-14-5-2-3-8-18(14)20(31)26-22-27-21(25-19(30)15-9-11-24-12-10-15)28-29(22)17-7-4-6-16(23)13-17;28-21(23-16-10-4-1-5-11-16)19-25-20(22(29)24-17-12-6-2-7-13-17)27(26-19)18-14-8-3-9-15-18/h5-17H,3-4H2,1-2H3,(H2,27,28,29,30,32,33);2*2-13H,1H3,(H2,25,26,27,28,30,31);1-15H,(H,23,28)(H,24,29). The molecule has 8 amide bonds. The highest BCUT2D eigenvalue weighted by atomic mass is 19.1. The Bertz CT molecular complexity index is 6280. The van der Waals surface area contributed by atoms with Crippen molar-refractivity contribution in [1.29, 1.82) is 0 Å². The number of hydrogen-bond acceptors (Lipinski definition) is 18. The smallest absolute Gasteiger partial charge is 0.295 e. The summed E-state index contributed by atoms with van der Waals surface area (Å²) >= 11 is 0. The van der Waals surface area contributed by atoms with Gasteiger partial charge in [-0.1, -0.05) is 172 Å². The Balaban J connectivity index is 0.000000142. The number of nitrogens with zero attached hydrogens (tertiary/aromatic N) is 14. The van der Waals surface area contributed by atoms with Gasteiger partial charge < -0.3 is 10.6 Å². The highest BCUT2D eigenvalue weighted by Crippen LogP contribution is 2.26. The summed E-state index contributed by atoms with van der Waals surface area (Å²) in [5.41, 5.74) is 9.39. The number of rotatable bonds is 22. The molecule has 0 radical (unpaired) electrons. The average molecular weight is 1660 g/mol. The van der Waals surface area contributed by atoms with E-state index >= 15 is 0 Å². The zero-order valence-corrected chi connectivity index (χ0v) is 66.7. The Labute approximate surface area is 707 Å². The molecule has 8 N–H and O–H groups in total. The maximum absolute atomic E-state index is 13.8. The van der Waals surface area contributed by atoms with E-state index in [0.717, 1.165) is 35.1 Å². The van der Waals surface area contributed by atoms with E-state index in [9.17, 15) is 47.1 Å². The Hall–Kier alpha value is -17.3. The van der Waals surface area contributed by atoms with Crippen molar-refractivity contribution in [2.24, 2.45) is 0 Å². The monoisotopic (exact) mass is 1650 g/mol. The topological polar surface area (TPSA) is 381 Å². The summed E-state index contributed by atoms with van der Waals surface area (Å²) in [6.07, 6.45) is 7.39. The molecular weight excluding hydrogens is 1580 g/mol. The van der Waals surface area contributed by atoms with E-state index in [4.69, 9.17) is 0 Å². The van der Waals surface area contributed by atoms with Gasteiger partial charge in [0.05, 0.1) is 28.3 Å². The van der Waals surface area contributed by atoms with Crippen LogP contribution < -0.4 is 42.5 Å². The minimum atomic E-state index is -0.500. The van der Waals surface area contributed by atoms with E-state index in [1.165, 1.54) is 73.7 Å². The van der Waals surface area contributed by atoms with Crippen molar-refractivity contribution in [1.82, 2.24) is 69.0 Å². The minimum Gasteiger partial charge on any atom is -0.319 e. The third kappa shape index (κ3) is 21.9. The van der Waals surface area contributed by atoms with Gasteiger partial charge >= 0.3 is 0 Å². The number of amides is 8. The Morgan fingerprint density at radius 3 is 1.10 bits per heavy atom. The molecule has 16 aromatic rings. The summed E-state index contributed by atoms with van der Waals surface area (Å²) in [5.74, 6) is -4.06. The molecule has 32 heteroatoms. The molecule has 0 fully saturated rings. The molecule has 0 bridgehead atoms. The first-order chi connectivity index (χ1) is 60.3. The molecule has 0 spiro atoms. The van der Waals surface area contributed by atoms with Crippen LogP contribution in [0.15, 0.2) is 316 Å². The second-order valence-corrected chi connectivity index (χ2v) is 26.8. The van der Waals surface area contributed by atoms with Crippen LogP contribution in [0, 0.1) is 25.5 Å². The second-order valence-electron chi connectivity index (χ2n) is 26.8. The molecule has 616 valence electrons. The number of hydrogen-bond donors (Lipinski definition) is 8. The molecule has 0 atom stereocenters. The van der Waals surface area contributed by atoms with E-state index in [1.807, 2.05) is 173 Å². The van der Waals surface area contributed by atoms with Crippen LogP contribution in [0.2, 0.25) is 0 Å². The Morgan fingerprint density at radius 2 is 0.669 bits per heavy atom. The fourth-order valence-electron chi connectivity index (χ4n) is 12.2. The van der Waals surface area contributed by atoms with Gasteiger partial charge in [-0.05, 0) is 182 Å². The fraction of sp³-hybridized carbons (Fsp3) is 0.0652. The lowest BCUT2D eigenvalue weighted by molar-refractivity contribution is 0.100. The van der Waals surface area contributed by atoms with E-state index in [1.54, 1.807) is 115 Å². The lowest BCUT2D eigenvalue weighted by Crippen LogP contribution is -2.18. The first kappa shape index (κ1) is 84.6.